The van der Waals surface area contributed by atoms with Crippen molar-refractivity contribution in [2.24, 2.45) is 0 Å². The van der Waals surface area contributed by atoms with Gasteiger partial charge >= 0.3 is 0 Å². The van der Waals surface area contributed by atoms with Crippen molar-refractivity contribution in [3.8, 4) is 11.4 Å². The average Bonchev–Trinajstić information content (AvgIpc) is 3.05. The lowest BCUT2D eigenvalue weighted by atomic mass is 10.2. The quantitative estimate of drug-likeness (QED) is 0.558. The molecule has 138 valence electrons. The monoisotopic (exact) mass is 392 g/mol. The van der Waals surface area contributed by atoms with Crippen molar-refractivity contribution in [3.63, 3.8) is 0 Å². The van der Waals surface area contributed by atoms with E-state index in [0.717, 1.165) is 11.4 Å². The van der Waals surface area contributed by atoms with Crippen LogP contribution < -0.4 is 0 Å². The molecule has 0 N–H and O–H groups in total. The Morgan fingerprint density at radius 1 is 1.35 bits per heavy atom. The predicted molar refractivity (Wildman–Crippen MR) is 103 cm³/mol. The summed E-state index contributed by atoms with van der Waals surface area (Å²) in [5.74, 6) is 0.828. The minimum Gasteiger partial charge on any atom is -0.378 e. The van der Waals surface area contributed by atoms with Gasteiger partial charge in [-0.1, -0.05) is 29.4 Å². The van der Waals surface area contributed by atoms with E-state index in [-0.39, 0.29) is 11.2 Å². The number of aromatic nitrogens is 3. The molecule has 0 spiro atoms. The number of hydrogen-bond acceptors (Lipinski definition) is 5. The van der Waals surface area contributed by atoms with Crippen LogP contribution in [0.4, 0.5) is 0 Å². The molecule has 0 saturated carbocycles. The standard InChI is InChI=1S/C18H21ClN4O2S/c1-3-8-23-16(14-4-6-15(19)7-5-14)20-21-18(23)26-13(2)17(24)22-9-11-25-12-10-22/h3-7,13H,1,8-12H2,2H3. The van der Waals surface area contributed by atoms with Gasteiger partial charge in [-0.15, -0.1) is 16.8 Å². The molecule has 2 aromatic rings. The highest BCUT2D eigenvalue weighted by atomic mass is 35.5. The lowest BCUT2D eigenvalue weighted by Crippen LogP contribution is -2.44. The highest BCUT2D eigenvalue weighted by Gasteiger charge is 2.25. The Kier molecular flexibility index (Phi) is 6.34. The molecule has 26 heavy (non-hydrogen) atoms. The Labute approximate surface area is 162 Å². The summed E-state index contributed by atoms with van der Waals surface area (Å²) in [6.07, 6.45) is 1.79. The van der Waals surface area contributed by atoms with Gasteiger partial charge in [-0.2, -0.15) is 0 Å². The van der Waals surface area contributed by atoms with Crippen molar-refractivity contribution >= 4 is 29.3 Å². The number of benzene rings is 1. The van der Waals surface area contributed by atoms with Gasteiger partial charge in [0, 0.05) is 30.2 Å². The van der Waals surface area contributed by atoms with Gasteiger partial charge in [-0.05, 0) is 31.2 Å². The molecular weight excluding hydrogens is 372 g/mol. The van der Waals surface area contributed by atoms with Crippen LogP contribution in [-0.2, 0) is 16.1 Å². The number of allylic oxidation sites excluding steroid dienone is 1. The molecule has 1 amide bonds. The topological polar surface area (TPSA) is 60.2 Å². The minimum absolute atomic E-state index is 0.0968. The molecule has 1 unspecified atom stereocenters. The first-order valence-corrected chi connectivity index (χ1v) is 9.69. The molecule has 8 heteroatoms. The van der Waals surface area contributed by atoms with Gasteiger partial charge in [0.25, 0.3) is 0 Å². The number of rotatable bonds is 6. The fourth-order valence-electron chi connectivity index (χ4n) is 2.73. The second-order valence-electron chi connectivity index (χ2n) is 5.91. The molecule has 0 radical (unpaired) electrons. The summed E-state index contributed by atoms with van der Waals surface area (Å²) in [5.41, 5.74) is 0.919. The van der Waals surface area contributed by atoms with Gasteiger partial charge in [-0.3, -0.25) is 9.36 Å². The number of nitrogens with zero attached hydrogens (tertiary/aromatic N) is 4. The van der Waals surface area contributed by atoms with E-state index >= 15 is 0 Å². The largest absolute Gasteiger partial charge is 0.378 e. The SMILES string of the molecule is C=CCn1c(SC(C)C(=O)N2CCOCC2)nnc1-c1ccc(Cl)cc1. The van der Waals surface area contributed by atoms with E-state index in [1.54, 1.807) is 6.08 Å². The van der Waals surface area contributed by atoms with Crippen LogP contribution >= 0.6 is 23.4 Å². The molecule has 1 saturated heterocycles. The molecule has 1 aromatic carbocycles. The molecule has 2 heterocycles. The van der Waals surface area contributed by atoms with Gasteiger partial charge in [0.1, 0.15) is 0 Å². The Bertz CT molecular complexity index is 772. The zero-order valence-corrected chi connectivity index (χ0v) is 16.2. The molecule has 3 rings (SSSR count). The normalized spacial score (nSPS) is 15.7. The van der Waals surface area contributed by atoms with Crippen LogP contribution in [0.15, 0.2) is 42.1 Å². The number of halogens is 1. The number of morpholine rings is 1. The first-order valence-electron chi connectivity index (χ1n) is 8.43. The van der Waals surface area contributed by atoms with E-state index in [1.165, 1.54) is 11.8 Å². The van der Waals surface area contributed by atoms with Gasteiger partial charge in [0.2, 0.25) is 5.91 Å². The number of thioether (sulfide) groups is 1. The van der Waals surface area contributed by atoms with E-state index in [0.29, 0.717) is 43.0 Å². The molecule has 0 bridgehead atoms. The highest BCUT2D eigenvalue weighted by molar-refractivity contribution is 8.00. The highest BCUT2D eigenvalue weighted by Crippen LogP contribution is 2.28. The van der Waals surface area contributed by atoms with Crippen LogP contribution in [-0.4, -0.2) is 57.1 Å². The van der Waals surface area contributed by atoms with Gasteiger partial charge in [0.05, 0.1) is 18.5 Å². The van der Waals surface area contributed by atoms with Gasteiger partial charge < -0.3 is 9.64 Å². The molecular formula is C18H21ClN4O2S. The smallest absolute Gasteiger partial charge is 0.236 e. The lowest BCUT2D eigenvalue weighted by molar-refractivity contribution is -0.134. The third kappa shape index (κ3) is 4.28. The molecule has 0 aliphatic carbocycles. The van der Waals surface area contributed by atoms with Crippen molar-refractivity contribution in [1.29, 1.82) is 0 Å². The molecule has 1 aliphatic rings. The zero-order valence-electron chi connectivity index (χ0n) is 14.6. The number of amides is 1. The number of carbonyl (C=O) groups excluding carboxylic acids is 1. The van der Waals surface area contributed by atoms with Crippen LogP contribution in [0.25, 0.3) is 11.4 Å². The van der Waals surface area contributed by atoms with E-state index in [1.807, 2.05) is 40.7 Å². The van der Waals surface area contributed by atoms with Gasteiger partial charge in [-0.25, -0.2) is 0 Å². The van der Waals surface area contributed by atoms with Crippen LogP contribution in [0.1, 0.15) is 6.92 Å². The molecule has 6 nitrogen and oxygen atoms in total. The van der Waals surface area contributed by atoms with E-state index in [2.05, 4.69) is 16.8 Å². The summed E-state index contributed by atoms with van der Waals surface area (Å²) in [7, 11) is 0. The maximum Gasteiger partial charge on any atom is 0.236 e. The van der Waals surface area contributed by atoms with E-state index < -0.39 is 0 Å². The van der Waals surface area contributed by atoms with Crippen molar-refractivity contribution in [2.45, 2.75) is 23.9 Å². The third-order valence-corrected chi connectivity index (χ3v) is 5.40. The van der Waals surface area contributed by atoms with E-state index in [4.69, 9.17) is 16.3 Å². The fraction of sp³-hybridized carbons (Fsp3) is 0.389. The summed E-state index contributed by atoms with van der Waals surface area (Å²) in [4.78, 5) is 14.5. The second-order valence-corrected chi connectivity index (χ2v) is 7.65. The Morgan fingerprint density at radius 3 is 2.69 bits per heavy atom. The number of ether oxygens (including phenoxy) is 1. The maximum absolute atomic E-state index is 12.6. The summed E-state index contributed by atoms with van der Waals surface area (Å²) >= 11 is 7.38. The predicted octanol–water partition coefficient (Wildman–Crippen LogP) is 3.12. The van der Waals surface area contributed by atoms with Crippen molar-refractivity contribution < 1.29 is 9.53 Å². The average molecular weight is 393 g/mol. The number of carbonyl (C=O) groups is 1. The van der Waals surface area contributed by atoms with Crippen molar-refractivity contribution in [3.05, 3.63) is 41.9 Å². The van der Waals surface area contributed by atoms with Crippen molar-refractivity contribution in [1.82, 2.24) is 19.7 Å². The third-order valence-electron chi connectivity index (χ3n) is 4.08. The van der Waals surface area contributed by atoms with Crippen molar-refractivity contribution in [2.75, 3.05) is 26.3 Å². The lowest BCUT2D eigenvalue weighted by Gasteiger charge is -2.28. The zero-order chi connectivity index (χ0) is 18.5. The summed E-state index contributed by atoms with van der Waals surface area (Å²) < 4.78 is 7.27. The van der Waals surface area contributed by atoms with Crippen LogP contribution in [0.5, 0.6) is 0 Å². The Balaban J connectivity index is 1.79. The van der Waals surface area contributed by atoms with Gasteiger partial charge in [0.15, 0.2) is 11.0 Å². The summed E-state index contributed by atoms with van der Waals surface area (Å²) in [6, 6.07) is 7.45. The molecule has 1 aromatic heterocycles. The summed E-state index contributed by atoms with van der Waals surface area (Å²) in [6.45, 7) is 8.74. The number of hydrogen-bond donors (Lipinski definition) is 0. The summed E-state index contributed by atoms with van der Waals surface area (Å²) in [5, 5.41) is 9.73. The molecule has 1 fully saturated rings. The first-order chi connectivity index (χ1) is 12.6. The van der Waals surface area contributed by atoms with E-state index in [9.17, 15) is 4.79 Å². The molecule has 1 aliphatic heterocycles. The Hall–Kier alpha value is -1.83. The Morgan fingerprint density at radius 2 is 2.04 bits per heavy atom. The minimum atomic E-state index is -0.251. The van der Waals surface area contributed by atoms with Crippen LogP contribution in [0.2, 0.25) is 5.02 Å². The molecule has 1 atom stereocenters. The van der Waals surface area contributed by atoms with Crippen LogP contribution in [0.3, 0.4) is 0 Å². The van der Waals surface area contributed by atoms with Crippen LogP contribution in [0, 0.1) is 0 Å². The fourth-order valence-corrected chi connectivity index (χ4v) is 3.80. The maximum atomic E-state index is 12.6. The second kappa shape index (κ2) is 8.70. The first kappa shape index (κ1) is 18.9.